The number of hydrogen-bond donors (Lipinski definition) is 2. The highest BCUT2D eigenvalue weighted by atomic mass is 19.1. The Kier molecular flexibility index (Phi) is 3.17. The molecule has 124 valence electrons. The van der Waals surface area contributed by atoms with Gasteiger partial charge in [-0.15, -0.1) is 0 Å². The second kappa shape index (κ2) is 5.03. The van der Waals surface area contributed by atoms with Gasteiger partial charge in [0.2, 0.25) is 0 Å². The zero-order chi connectivity index (χ0) is 17.1. The molecule has 5 heteroatoms. The molecule has 1 aliphatic carbocycles. The van der Waals surface area contributed by atoms with Crippen LogP contribution in [0.5, 0.6) is 0 Å². The van der Waals surface area contributed by atoms with Crippen LogP contribution >= 0.6 is 0 Å². The van der Waals surface area contributed by atoms with Crippen LogP contribution in [0, 0.1) is 18.2 Å². The number of nitrogens with one attached hydrogen (secondary N) is 1. The number of rotatable bonds is 1. The zero-order valence-electron chi connectivity index (χ0n) is 14.2. The smallest absolute Gasteiger partial charge is 0.183 e. The molecule has 2 heterocycles. The molecular formula is C19H21FN4. The Morgan fingerprint density at radius 2 is 2.04 bits per heavy atom. The van der Waals surface area contributed by atoms with Gasteiger partial charge in [-0.3, -0.25) is 5.10 Å². The van der Waals surface area contributed by atoms with Crippen molar-refractivity contribution in [1.82, 2.24) is 15.2 Å². The number of hydrogen-bond acceptors (Lipinski definition) is 3. The minimum absolute atomic E-state index is 0.208. The Morgan fingerprint density at radius 1 is 1.25 bits per heavy atom. The number of H-pyrrole nitrogens is 1. The first-order valence-corrected chi connectivity index (χ1v) is 8.27. The minimum Gasteiger partial charge on any atom is -0.384 e. The first-order valence-electron chi connectivity index (χ1n) is 8.27. The molecule has 0 fully saturated rings. The van der Waals surface area contributed by atoms with E-state index in [1.807, 2.05) is 6.92 Å². The molecule has 0 saturated heterocycles. The highest BCUT2D eigenvalue weighted by Gasteiger charge is 2.31. The molecule has 0 spiro atoms. The summed E-state index contributed by atoms with van der Waals surface area (Å²) in [7, 11) is 0. The summed E-state index contributed by atoms with van der Waals surface area (Å²) in [5.41, 5.74) is 12.0. The maximum Gasteiger partial charge on any atom is 0.183 e. The molecule has 1 aliphatic rings. The van der Waals surface area contributed by atoms with Crippen LogP contribution in [-0.2, 0) is 12.8 Å². The fourth-order valence-corrected chi connectivity index (χ4v) is 3.76. The molecule has 4 nitrogen and oxygen atoms in total. The molecule has 0 aliphatic heterocycles. The molecule has 3 aromatic rings. The number of nitrogen functional groups attached to an aromatic ring is 1. The van der Waals surface area contributed by atoms with Crippen molar-refractivity contribution in [2.75, 3.05) is 5.73 Å². The summed E-state index contributed by atoms with van der Waals surface area (Å²) in [6, 6.07) is 4.85. The largest absolute Gasteiger partial charge is 0.384 e. The maximum atomic E-state index is 13.8. The van der Waals surface area contributed by atoms with Crippen LogP contribution in [0.15, 0.2) is 18.2 Å². The van der Waals surface area contributed by atoms with Crippen LogP contribution in [0.25, 0.3) is 22.3 Å². The lowest BCUT2D eigenvalue weighted by Gasteiger charge is -2.32. The molecule has 1 aromatic carbocycles. The third-order valence-electron chi connectivity index (χ3n) is 5.11. The van der Waals surface area contributed by atoms with Gasteiger partial charge in [0.15, 0.2) is 5.65 Å². The van der Waals surface area contributed by atoms with E-state index < -0.39 is 0 Å². The summed E-state index contributed by atoms with van der Waals surface area (Å²) < 4.78 is 13.8. The molecule has 0 atom stereocenters. The van der Waals surface area contributed by atoms with Gasteiger partial charge >= 0.3 is 0 Å². The van der Waals surface area contributed by atoms with E-state index in [-0.39, 0.29) is 11.2 Å². The quantitative estimate of drug-likeness (QED) is 0.706. The minimum atomic E-state index is -0.246. The van der Waals surface area contributed by atoms with Crippen molar-refractivity contribution in [3.8, 4) is 11.3 Å². The molecule has 0 bridgehead atoms. The number of halogens is 1. The predicted molar refractivity (Wildman–Crippen MR) is 94.2 cm³/mol. The van der Waals surface area contributed by atoms with Crippen LogP contribution < -0.4 is 5.73 Å². The van der Waals surface area contributed by atoms with Crippen molar-refractivity contribution in [1.29, 1.82) is 0 Å². The molecule has 2 aromatic heterocycles. The van der Waals surface area contributed by atoms with E-state index in [2.05, 4.69) is 24.0 Å². The number of aryl methyl sites for hydroxylation is 1. The number of benzene rings is 1. The number of anilines is 1. The number of pyridine rings is 1. The van der Waals surface area contributed by atoms with E-state index in [9.17, 15) is 4.39 Å². The number of nitrogens with zero attached hydrogens (tertiary/aromatic N) is 2. The average Bonchev–Trinajstić information content (AvgIpc) is 2.89. The fraction of sp³-hybridized carbons (Fsp3) is 0.368. The van der Waals surface area contributed by atoms with Crippen LogP contribution in [0.2, 0.25) is 0 Å². The predicted octanol–water partition coefficient (Wildman–Crippen LogP) is 4.17. The Hall–Kier alpha value is -2.43. The molecule has 0 unspecified atom stereocenters. The van der Waals surface area contributed by atoms with E-state index in [1.165, 1.54) is 17.2 Å². The van der Waals surface area contributed by atoms with Gasteiger partial charge in [0, 0.05) is 5.56 Å². The lowest BCUT2D eigenvalue weighted by Crippen LogP contribution is -2.23. The van der Waals surface area contributed by atoms with Crippen LogP contribution in [0.3, 0.4) is 0 Å². The Morgan fingerprint density at radius 3 is 2.83 bits per heavy atom. The van der Waals surface area contributed by atoms with Gasteiger partial charge in [-0.25, -0.2) is 9.37 Å². The lowest BCUT2D eigenvalue weighted by atomic mass is 9.73. The molecule has 3 N–H and O–H groups in total. The van der Waals surface area contributed by atoms with Crippen LogP contribution in [0.4, 0.5) is 10.2 Å². The second-order valence-corrected chi connectivity index (χ2v) is 7.55. The number of aromatic nitrogens is 3. The standard InChI is InChI=1S/C19H21FN4/c1-10-4-5-11(20)8-13(10)16-12-6-7-19(2,3)9-14(12)15-17(21)23-24-18(15)22-16/h4-5,8H,6-7,9H2,1-3H3,(H3,21,22,23,24). The third-order valence-corrected chi connectivity index (χ3v) is 5.11. The first-order chi connectivity index (χ1) is 11.4. The second-order valence-electron chi connectivity index (χ2n) is 7.55. The summed E-state index contributed by atoms with van der Waals surface area (Å²) in [6.45, 7) is 6.52. The zero-order valence-corrected chi connectivity index (χ0v) is 14.2. The van der Waals surface area contributed by atoms with Crippen molar-refractivity contribution in [2.24, 2.45) is 5.41 Å². The van der Waals surface area contributed by atoms with E-state index in [0.29, 0.717) is 11.5 Å². The summed E-state index contributed by atoms with van der Waals surface area (Å²) in [5.74, 6) is 0.317. The normalized spacial score (nSPS) is 16.3. The van der Waals surface area contributed by atoms with Crippen molar-refractivity contribution in [3.63, 3.8) is 0 Å². The van der Waals surface area contributed by atoms with E-state index >= 15 is 0 Å². The maximum absolute atomic E-state index is 13.8. The van der Waals surface area contributed by atoms with Gasteiger partial charge in [-0.2, -0.15) is 5.10 Å². The molecular weight excluding hydrogens is 303 g/mol. The van der Waals surface area contributed by atoms with Gasteiger partial charge in [0.1, 0.15) is 11.6 Å². The highest BCUT2D eigenvalue weighted by molar-refractivity contribution is 5.93. The Labute approximate surface area is 140 Å². The van der Waals surface area contributed by atoms with Gasteiger partial charge in [-0.05, 0) is 60.4 Å². The van der Waals surface area contributed by atoms with Gasteiger partial charge in [0.25, 0.3) is 0 Å². The SMILES string of the molecule is Cc1ccc(F)cc1-c1nc2n[nH]c(N)c2c2c1CCC(C)(C)C2. The lowest BCUT2D eigenvalue weighted by molar-refractivity contribution is 0.317. The Bertz CT molecular complexity index is 956. The van der Waals surface area contributed by atoms with E-state index in [0.717, 1.165) is 41.5 Å². The third kappa shape index (κ3) is 2.27. The highest BCUT2D eigenvalue weighted by Crippen LogP contribution is 2.42. The summed E-state index contributed by atoms with van der Waals surface area (Å²) in [6.07, 6.45) is 2.92. The van der Waals surface area contributed by atoms with E-state index in [1.54, 1.807) is 12.1 Å². The first kappa shape index (κ1) is 15.1. The molecule has 0 saturated carbocycles. The molecule has 0 radical (unpaired) electrons. The van der Waals surface area contributed by atoms with Crippen LogP contribution in [0.1, 0.15) is 37.0 Å². The average molecular weight is 324 g/mol. The summed E-state index contributed by atoms with van der Waals surface area (Å²) >= 11 is 0. The Balaban J connectivity index is 2.06. The van der Waals surface area contributed by atoms with Gasteiger partial charge in [-0.1, -0.05) is 19.9 Å². The summed E-state index contributed by atoms with van der Waals surface area (Å²) in [4.78, 5) is 4.74. The van der Waals surface area contributed by atoms with E-state index in [4.69, 9.17) is 10.7 Å². The van der Waals surface area contributed by atoms with Gasteiger partial charge < -0.3 is 5.73 Å². The number of nitrogens with two attached hydrogens (primary N) is 1. The summed E-state index contributed by atoms with van der Waals surface area (Å²) in [5, 5.41) is 8.03. The molecule has 4 rings (SSSR count). The number of fused-ring (bicyclic) bond motifs is 3. The van der Waals surface area contributed by atoms with Crippen molar-refractivity contribution < 1.29 is 4.39 Å². The van der Waals surface area contributed by atoms with Crippen molar-refractivity contribution in [2.45, 2.75) is 40.0 Å². The topological polar surface area (TPSA) is 67.6 Å². The van der Waals surface area contributed by atoms with Crippen molar-refractivity contribution in [3.05, 3.63) is 40.7 Å². The molecule has 24 heavy (non-hydrogen) atoms. The van der Waals surface area contributed by atoms with Crippen molar-refractivity contribution >= 4 is 16.9 Å². The molecule has 0 amide bonds. The van der Waals surface area contributed by atoms with Crippen LogP contribution in [-0.4, -0.2) is 15.2 Å². The number of aromatic amines is 1. The monoisotopic (exact) mass is 324 g/mol. The van der Waals surface area contributed by atoms with Gasteiger partial charge in [0.05, 0.1) is 11.1 Å². The fourth-order valence-electron chi connectivity index (χ4n) is 3.76.